The number of nitrogens with one attached hydrogen (secondary N) is 1. The summed E-state index contributed by atoms with van der Waals surface area (Å²) in [5.74, 6) is 0. The van der Waals surface area contributed by atoms with Crippen LogP contribution in [0, 0.1) is 6.92 Å². The number of nitrogens with two attached hydrogens (primary N) is 1. The van der Waals surface area contributed by atoms with Crippen LogP contribution in [-0.4, -0.2) is 30.0 Å². The van der Waals surface area contributed by atoms with Gasteiger partial charge < -0.3 is 11.2 Å². The van der Waals surface area contributed by atoms with Crippen LogP contribution in [0.3, 0.4) is 0 Å². The molecule has 184 valence electrons. The van der Waals surface area contributed by atoms with Crippen LogP contribution in [0.15, 0.2) is 54.1 Å². The van der Waals surface area contributed by atoms with E-state index < -0.39 is 0 Å². The fourth-order valence-electron chi connectivity index (χ4n) is 5.63. The van der Waals surface area contributed by atoms with Crippen LogP contribution in [0.25, 0.3) is 16.1 Å². The summed E-state index contributed by atoms with van der Waals surface area (Å²) in [5, 5.41) is 2.24. The fraction of sp³-hybridized carbons (Fsp3) is 0.400. The van der Waals surface area contributed by atoms with Gasteiger partial charge in [-0.25, -0.2) is 5.01 Å². The van der Waals surface area contributed by atoms with Crippen molar-refractivity contribution in [3.8, 4) is 10.4 Å². The molecule has 3 aliphatic rings. The molecule has 1 saturated heterocycles. The van der Waals surface area contributed by atoms with E-state index in [4.69, 9.17) is 5.73 Å². The zero-order valence-corrected chi connectivity index (χ0v) is 22.3. The number of likely N-dealkylation sites (N-methyl/N-ethyl adjacent to an activating group) is 1. The average molecular weight is 487 g/mol. The maximum atomic E-state index is 6.07. The van der Waals surface area contributed by atoms with E-state index in [0.29, 0.717) is 0 Å². The monoisotopic (exact) mass is 486 g/mol. The highest BCUT2D eigenvalue weighted by Crippen LogP contribution is 2.49. The first-order chi connectivity index (χ1) is 17.1. The topological polar surface area (TPSA) is 44.5 Å². The number of fused-ring (bicyclic) bond motifs is 2. The van der Waals surface area contributed by atoms with E-state index in [1.807, 2.05) is 31.3 Å². The molecule has 2 aliphatic heterocycles. The van der Waals surface area contributed by atoms with Gasteiger partial charge in [0.1, 0.15) is 0 Å². The van der Waals surface area contributed by atoms with Crippen LogP contribution < -0.4 is 11.2 Å². The predicted octanol–water partition coefficient (Wildman–Crippen LogP) is 6.78. The molecule has 0 spiro atoms. The Hall–Kier alpha value is -2.60. The van der Waals surface area contributed by atoms with Crippen molar-refractivity contribution in [2.45, 2.75) is 59.0 Å². The van der Waals surface area contributed by atoms with Gasteiger partial charge in [0, 0.05) is 41.0 Å². The average Bonchev–Trinajstić information content (AvgIpc) is 3.53. The van der Waals surface area contributed by atoms with Crippen LogP contribution in [-0.2, 0) is 13.0 Å². The lowest BCUT2D eigenvalue weighted by Gasteiger charge is -2.26. The van der Waals surface area contributed by atoms with Gasteiger partial charge in [0.25, 0.3) is 0 Å². The van der Waals surface area contributed by atoms with Crippen molar-refractivity contribution in [3.63, 3.8) is 0 Å². The van der Waals surface area contributed by atoms with E-state index in [1.54, 1.807) is 0 Å². The summed E-state index contributed by atoms with van der Waals surface area (Å²) in [6, 6.07) is 18.3. The van der Waals surface area contributed by atoms with Gasteiger partial charge in [-0.3, -0.25) is 4.90 Å². The van der Waals surface area contributed by atoms with E-state index in [-0.39, 0.29) is 6.04 Å². The Balaban J connectivity index is 0.00000124. The van der Waals surface area contributed by atoms with E-state index >= 15 is 0 Å². The van der Waals surface area contributed by atoms with Crippen LogP contribution in [0.1, 0.15) is 66.3 Å². The second-order valence-electron chi connectivity index (χ2n) is 9.80. The molecule has 0 saturated carbocycles. The smallest absolute Gasteiger partial charge is 0.0774 e. The van der Waals surface area contributed by atoms with Gasteiger partial charge in [-0.2, -0.15) is 0 Å². The summed E-state index contributed by atoms with van der Waals surface area (Å²) < 4.78 is 0. The van der Waals surface area contributed by atoms with Crippen LogP contribution in [0.5, 0.6) is 0 Å². The maximum Gasteiger partial charge on any atom is 0.0774 e. The minimum absolute atomic E-state index is 0.261. The van der Waals surface area contributed by atoms with Gasteiger partial charge in [-0.05, 0) is 72.8 Å². The molecule has 4 nitrogen and oxygen atoms in total. The molecule has 0 radical (unpaired) electrons. The molecule has 6 rings (SSSR count). The Morgan fingerprint density at radius 1 is 1.00 bits per heavy atom. The molecule has 3 N–H and O–H groups in total. The number of thiophene rings is 1. The molecular formula is C30H38N4S. The Labute approximate surface area is 214 Å². The lowest BCUT2D eigenvalue weighted by molar-refractivity contribution is 0.221. The summed E-state index contributed by atoms with van der Waals surface area (Å²) in [6.07, 6.45) is 5.10. The van der Waals surface area contributed by atoms with E-state index in [1.165, 1.54) is 75.6 Å². The van der Waals surface area contributed by atoms with Crippen LogP contribution in [0.4, 0.5) is 5.69 Å². The number of benzene rings is 2. The van der Waals surface area contributed by atoms with Crippen molar-refractivity contribution in [1.82, 2.24) is 15.3 Å². The first kappa shape index (κ1) is 24.1. The first-order valence-corrected chi connectivity index (χ1v) is 13.9. The van der Waals surface area contributed by atoms with Crippen molar-refractivity contribution in [1.29, 1.82) is 0 Å². The van der Waals surface area contributed by atoms with E-state index in [9.17, 15) is 0 Å². The quantitative estimate of drug-likeness (QED) is 0.399. The molecule has 1 unspecified atom stereocenters. The third kappa shape index (κ3) is 4.65. The zero-order valence-electron chi connectivity index (χ0n) is 21.5. The highest BCUT2D eigenvalue weighted by atomic mass is 32.1. The molecular weight excluding hydrogens is 448 g/mol. The van der Waals surface area contributed by atoms with Crippen molar-refractivity contribution < 1.29 is 0 Å². The Bertz CT molecular complexity index is 1220. The van der Waals surface area contributed by atoms with Crippen molar-refractivity contribution >= 4 is 22.7 Å². The third-order valence-electron chi connectivity index (χ3n) is 7.46. The van der Waals surface area contributed by atoms with Gasteiger partial charge in [0.15, 0.2) is 0 Å². The number of nitrogen functional groups attached to an aromatic ring is 1. The normalized spacial score (nSPS) is 19.7. The second kappa shape index (κ2) is 10.2. The number of hydrogen-bond acceptors (Lipinski definition) is 5. The summed E-state index contributed by atoms with van der Waals surface area (Å²) in [5.41, 5.74) is 20.0. The molecule has 2 aromatic carbocycles. The SMILES string of the molecule is CC.Cc1cc(C2C3=C(NN2C)c2cc(-c4ccc(CN5CCCCC5)cc4)sc2C3)ccc1N. The molecule has 1 aromatic heterocycles. The summed E-state index contributed by atoms with van der Waals surface area (Å²) in [4.78, 5) is 5.44. The maximum absolute atomic E-state index is 6.07. The first-order valence-electron chi connectivity index (χ1n) is 13.1. The Morgan fingerprint density at radius 2 is 1.74 bits per heavy atom. The number of aryl methyl sites for hydroxylation is 1. The fourth-order valence-corrected chi connectivity index (χ4v) is 6.83. The zero-order chi connectivity index (χ0) is 24.5. The largest absolute Gasteiger partial charge is 0.399 e. The molecule has 3 heterocycles. The Kier molecular flexibility index (Phi) is 7.01. The number of hydrazine groups is 1. The number of likely N-dealkylation sites (tertiary alicyclic amines) is 1. The molecule has 3 aromatic rings. The van der Waals surface area contributed by atoms with Gasteiger partial charge in [0.2, 0.25) is 0 Å². The lowest BCUT2D eigenvalue weighted by atomic mass is 9.96. The number of piperidine rings is 1. The van der Waals surface area contributed by atoms with Gasteiger partial charge in [-0.1, -0.05) is 56.7 Å². The van der Waals surface area contributed by atoms with Crippen molar-refractivity contribution in [3.05, 3.63) is 81.2 Å². The van der Waals surface area contributed by atoms with Gasteiger partial charge in [0.05, 0.1) is 11.7 Å². The van der Waals surface area contributed by atoms with E-state index in [0.717, 1.165) is 24.2 Å². The third-order valence-corrected chi connectivity index (χ3v) is 8.64. The van der Waals surface area contributed by atoms with Crippen LogP contribution in [0.2, 0.25) is 0 Å². The number of rotatable bonds is 4. The highest BCUT2D eigenvalue weighted by molar-refractivity contribution is 7.15. The molecule has 0 amide bonds. The lowest BCUT2D eigenvalue weighted by Crippen LogP contribution is -2.30. The highest BCUT2D eigenvalue weighted by Gasteiger charge is 2.38. The van der Waals surface area contributed by atoms with Crippen molar-refractivity contribution in [2.75, 3.05) is 25.9 Å². The minimum atomic E-state index is 0.261. The second-order valence-corrected chi connectivity index (χ2v) is 10.9. The predicted molar refractivity (Wildman–Crippen MR) is 150 cm³/mol. The number of nitrogens with zero attached hydrogens (tertiary/aromatic N) is 2. The Morgan fingerprint density at radius 3 is 2.46 bits per heavy atom. The molecule has 0 bridgehead atoms. The molecule has 35 heavy (non-hydrogen) atoms. The van der Waals surface area contributed by atoms with Gasteiger partial charge in [-0.15, -0.1) is 11.3 Å². The van der Waals surface area contributed by atoms with Crippen LogP contribution >= 0.6 is 11.3 Å². The standard InChI is InChI=1S/C28H32N4S.C2H6/c1-18-14-21(10-11-24(18)29)28-23-16-26-22(27(23)30-31(28)2)15-25(33-26)20-8-6-19(7-9-20)17-32-12-4-3-5-13-32;1-2/h6-11,14-15,28,30H,3-5,12-13,16-17,29H2,1-2H3;1-2H3. The molecule has 1 atom stereocenters. The molecule has 1 aliphatic carbocycles. The summed E-state index contributed by atoms with van der Waals surface area (Å²) >= 11 is 1.95. The molecule has 5 heteroatoms. The molecule has 1 fully saturated rings. The van der Waals surface area contributed by atoms with Crippen molar-refractivity contribution in [2.24, 2.45) is 0 Å². The summed E-state index contributed by atoms with van der Waals surface area (Å²) in [6.45, 7) is 9.66. The number of hydrogen-bond donors (Lipinski definition) is 2. The van der Waals surface area contributed by atoms with E-state index in [2.05, 4.69) is 71.8 Å². The number of anilines is 1. The van der Waals surface area contributed by atoms with Gasteiger partial charge >= 0.3 is 0 Å². The summed E-state index contributed by atoms with van der Waals surface area (Å²) in [7, 11) is 2.14. The minimum Gasteiger partial charge on any atom is -0.399 e.